The summed E-state index contributed by atoms with van der Waals surface area (Å²) in [7, 11) is -4.67. The molecule has 0 aliphatic heterocycles. The topological polar surface area (TPSA) is 130 Å². The van der Waals surface area contributed by atoms with Gasteiger partial charge < -0.3 is 11.3 Å². The van der Waals surface area contributed by atoms with Crippen LogP contribution in [-0.2, 0) is 10.4 Å². The van der Waals surface area contributed by atoms with Gasteiger partial charge in [0.2, 0.25) is 0 Å². The van der Waals surface area contributed by atoms with E-state index in [1.54, 1.807) is 0 Å². The summed E-state index contributed by atoms with van der Waals surface area (Å²) in [6, 6.07) is 0. The summed E-state index contributed by atoms with van der Waals surface area (Å²) in [4.78, 5) is 0. The first-order valence-corrected chi connectivity index (χ1v) is 6.05. The first kappa shape index (κ1) is 20.2. The Labute approximate surface area is 91.9 Å². The zero-order valence-electron chi connectivity index (χ0n) is 9.39. The summed E-state index contributed by atoms with van der Waals surface area (Å²) < 4.78 is 31.6. The van der Waals surface area contributed by atoms with Gasteiger partial charge in [-0.15, -0.1) is 0 Å². The van der Waals surface area contributed by atoms with Gasteiger partial charge in [-0.1, -0.05) is 32.6 Å². The van der Waals surface area contributed by atoms with Crippen molar-refractivity contribution in [3.05, 3.63) is 0 Å². The zero-order valence-corrected chi connectivity index (χ0v) is 10.2. The van der Waals surface area contributed by atoms with Crippen LogP contribution < -0.4 is 6.15 Å². The molecule has 0 saturated heterocycles. The Hall–Kier alpha value is -0.210. The van der Waals surface area contributed by atoms with E-state index in [0.29, 0.717) is 0 Å². The molecule has 0 bridgehead atoms. The maximum Gasteiger partial charge on any atom is 0.394 e. The van der Waals surface area contributed by atoms with Crippen LogP contribution in [0.5, 0.6) is 0 Å². The molecule has 1 unspecified atom stereocenters. The molecule has 0 aromatic carbocycles. The number of aliphatic hydroxyl groups is 1. The van der Waals surface area contributed by atoms with Crippen molar-refractivity contribution in [3.8, 4) is 0 Å². The molecule has 0 aliphatic carbocycles. The second-order valence-electron chi connectivity index (χ2n) is 3.15. The molecule has 0 amide bonds. The minimum absolute atomic E-state index is 0. The zero-order chi connectivity index (χ0) is 11.6. The second-order valence-corrected chi connectivity index (χ2v) is 4.04. The second kappa shape index (κ2) is 11.9. The van der Waals surface area contributed by atoms with E-state index in [9.17, 15) is 0 Å². The fourth-order valence-electron chi connectivity index (χ4n) is 0.867. The number of rotatable bonds is 5. The predicted molar refractivity (Wildman–Crippen MR) is 59.6 cm³/mol. The smallest absolute Gasteiger partial charge is 0.393 e. The molecule has 0 radical (unpaired) electrons. The van der Waals surface area contributed by atoms with Gasteiger partial charge in [-0.2, -0.15) is 8.42 Å². The standard InChI is InChI=1S/C8H18O.H3N.H2O4S/c1-3-4-5-6-7-8(2)9;;1-5(2,3)4/h8-9H,3-7H2,1-2H3;1H3;(H2,1,2,3,4). The van der Waals surface area contributed by atoms with Crippen LogP contribution in [0.1, 0.15) is 46.0 Å². The molecular formula is C8H23NO5S. The van der Waals surface area contributed by atoms with Crippen LogP contribution in [-0.4, -0.2) is 28.7 Å². The molecule has 0 aliphatic rings. The van der Waals surface area contributed by atoms with E-state index in [2.05, 4.69) is 6.92 Å². The van der Waals surface area contributed by atoms with Gasteiger partial charge in [0, 0.05) is 0 Å². The van der Waals surface area contributed by atoms with Crippen LogP contribution >= 0.6 is 0 Å². The highest BCUT2D eigenvalue weighted by Crippen LogP contribution is 2.04. The minimum Gasteiger partial charge on any atom is -0.393 e. The third kappa shape index (κ3) is 57.2. The normalized spacial score (nSPS) is 12.1. The molecule has 0 rings (SSSR count). The van der Waals surface area contributed by atoms with Crippen LogP contribution in [0, 0.1) is 0 Å². The summed E-state index contributed by atoms with van der Waals surface area (Å²) in [6.45, 7) is 4.05. The van der Waals surface area contributed by atoms with Gasteiger partial charge in [0.15, 0.2) is 0 Å². The summed E-state index contributed by atoms with van der Waals surface area (Å²) >= 11 is 0. The molecule has 0 spiro atoms. The van der Waals surface area contributed by atoms with Crippen molar-refractivity contribution in [1.82, 2.24) is 6.15 Å². The molecule has 15 heavy (non-hydrogen) atoms. The molecule has 6 nitrogen and oxygen atoms in total. The molecule has 0 fully saturated rings. The monoisotopic (exact) mass is 245 g/mol. The fraction of sp³-hybridized carbons (Fsp3) is 1.00. The van der Waals surface area contributed by atoms with Crippen molar-refractivity contribution in [2.75, 3.05) is 0 Å². The predicted octanol–water partition coefficient (Wildman–Crippen LogP) is 1.85. The van der Waals surface area contributed by atoms with Gasteiger partial charge in [0.25, 0.3) is 0 Å². The third-order valence-corrected chi connectivity index (χ3v) is 1.48. The molecule has 0 aromatic rings. The molecule has 0 saturated carbocycles. The minimum atomic E-state index is -4.67. The average Bonchev–Trinajstić information content (AvgIpc) is 1.94. The summed E-state index contributed by atoms with van der Waals surface area (Å²) in [5.74, 6) is 0. The van der Waals surface area contributed by atoms with E-state index in [4.69, 9.17) is 22.6 Å². The van der Waals surface area contributed by atoms with Gasteiger partial charge >= 0.3 is 10.4 Å². The Morgan fingerprint density at radius 2 is 1.53 bits per heavy atom. The van der Waals surface area contributed by atoms with Crippen molar-refractivity contribution in [2.45, 2.75) is 52.1 Å². The Morgan fingerprint density at radius 3 is 1.80 bits per heavy atom. The van der Waals surface area contributed by atoms with Gasteiger partial charge in [-0.3, -0.25) is 9.11 Å². The van der Waals surface area contributed by atoms with Crippen molar-refractivity contribution in [3.63, 3.8) is 0 Å². The first-order valence-electron chi connectivity index (χ1n) is 4.65. The molecule has 0 heterocycles. The number of hydrogen-bond donors (Lipinski definition) is 4. The molecule has 0 aromatic heterocycles. The van der Waals surface area contributed by atoms with Crippen LogP contribution in [0.4, 0.5) is 0 Å². The average molecular weight is 245 g/mol. The van der Waals surface area contributed by atoms with E-state index in [1.165, 1.54) is 25.7 Å². The van der Waals surface area contributed by atoms with Gasteiger partial charge in [0.1, 0.15) is 0 Å². The van der Waals surface area contributed by atoms with E-state index in [-0.39, 0.29) is 12.3 Å². The van der Waals surface area contributed by atoms with E-state index in [0.717, 1.165) is 6.42 Å². The lowest BCUT2D eigenvalue weighted by Crippen LogP contribution is -1.97. The largest absolute Gasteiger partial charge is 0.394 e. The van der Waals surface area contributed by atoms with E-state index < -0.39 is 10.4 Å². The Morgan fingerprint density at radius 1 is 1.13 bits per heavy atom. The van der Waals surface area contributed by atoms with Gasteiger partial charge in [-0.25, -0.2) is 0 Å². The SMILES string of the molecule is CCCCCCC(C)O.N.O=S(=O)(O)O. The molecule has 6 N–H and O–H groups in total. The summed E-state index contributed by atoms with van der Waals surface area (Å²) in [5.41, 5.74) is 0. The number of aliphatic hydroxyl groups excluding tert-OH is 1. The number of hydrogen-bond acceptors (Lipinski definition) is 4. The molecule has 96 valence electrons. The fourth-order valence-corrected chi connectivity index (χ4v) is 0.867. The molecular weight excluding hydrogens is 222 g/mol. The van der Waals surface area contributed by atoms with Crippen LogP contribution in [0.2, 0.25) is 0 Å². The first-order chi connectivity index (χ1) is 6.27. The van der Waals surface area contributed by atoms with Crippen molar-refractivity contribution < 1.29 is 22.6 Å². The Kier molecular flexibility index (Phi) is 16.0. The van der Waals surface area contributed by atoms with E-state index >= 15 is 0 Å². The van der Waals surface area contributed by atoms with Gasteiger partial charge in [-0.05, 0) is 13.3 Å². The van der Waals surface area contributed by atoms with Crippen molar-refractivity contribution >= 4 is 10.4 Å². The van der Waals surface area contributed by atoms with Crippen LogP contribution in [0.3, 0.4) is 0 Å². The quantitative estimate of drug-likeness (QED) is 0.432. The van der Waals surface area contributed by atoms with Crippen LogP contribution in [0.15, 0.2) is 0 Å². The lowest BCUT2D eigenvalue weighted by atomic mass is 10.1. The maximum atomic E-state index is 8.85. The maximum absolute atomic E-state index is 8.85. The number of unbranched alkanes of at least 4 members (excludes halogenated alkanes) is 3. The highest BCUT2D eigenvalue weighted by atomic mass is 32.3. The summed E-state index contributed by atoms with van der Waals surface area (Å²) in [6.07, 6.45) is 5.93. The highest BCUT2D eigenvalue weighted by molar-refractivity contribution is 7.79. The highest BCUT2D eigenvalue weighted by Gasteiger charge is 1.93. The Bertz CT molecular complexity index is 195. The lowest BCUT2D eigenvalue weighted by Gasteiger charge is -2.01. The molecule has 7 heteroatoms. The lowest BCUT2D eigenvalue weighted by molar-refractivity contribution is 0.180. The Balaban J connectivity index is -0.000000208. The van der Waals surface area contributed by atoms with Crippen molar-refractivity contribution in [1.29, 1.82) is 0 Å². The summed E-state index contributed by atoms with van der Waals surface area (Å²) in [5, 5.41) is 8.85. The van der Waals surface area contributed by atoms with Gasteiger partial charge in [0.05, 0.1) is 6.10 Å². The van der Waals surface area contributed by atoms with E-state index in [1.807, 2.05) is 6.92 Å². The van der Waals surface area contributed by atoms with Crippen LogP contribution in [0.25, 0.3) is 0 Å². The molecule has 1 atom stereocenters. The van der Waals surface area contributed by atoms with Crippen molar-refractivity contribution in [2.24, 2.45) is 0 Å². The third-order valence-electron chi connectivity index (χ3n) is 1.48.